The molecule has 2 saturated carbocycles. The van der Waals surface area contributed by atoms with Crippen molar-refractivity contribution in [3.63, 3.8) is 0 Å². The summed E-state index contributed by atoms with van der Waals surface area (Å²) in [6.07, 6.45) is 20.2. The summed E-state index contributed by atoms with van der Waals surface area (Å²) in [5, 5.41) is 9.10. The van der Waals surface area contributed by atoms with Crippen molar-refractivity contribution in [1.29, 1.82) is 5.26 Å². The molecule has 1 aromatic carbocycles. The number of rotatable bonds is 7. The smallest absolute Gasteiger partial charge is 0.144 e. The Bertz CT molecular complexity index is 748. The first-order valence-electron chi connectivity index (χ1n) is 12.9. The summed E-state index contributed by atoms with van der Waals surface area (Å²) in [4.78, 5) is 0. The van der Waals surface area contributed by atoms with Gasteiger partial charge in [0.05, 0.1) is 5.56 Å². The Kier molecular flexibility index (Phi) is 7.50. The van der Waals surface area contributed by atoms with Crippen molar-refractivity contribution < 1.29 is 4.39 Å². The fraction of sp³-hybridized carbons (Fsp3) is 0.750. The van der Waals surface area contributed by atoms with E-state index in [2.05, 4.69) is 6.92 Å². The Hall–Kier alpha value is -1.36. The first kappa shape index (κ1) is 21.9. The van der Waals surface area contributed by atoms with Gasteiger partial charge in [0.25, 0.3) is 0 Å². The molecule has 2 heteroatoms. The van der Waals surface area contributed by atoms with Crippen LogP contribution in [-0.2, 0) is 12.8 Å². The van der Waals surface area contributed by atoms with E-state index in [1.54, 1.807) is 6.07 Å². The molecule has 0 aliphatic heterocycles. The van der Waals surface area contributed by atoms with Crippen molar-refractivity contribution >= 4 is 0 Å². The highest BCUT2D eigenvalue weighted by Gasteiger charge is 2.38. The van der Waals surface area contributed by atoms with Gasteiger partial charge >= 0.3 is 0 Å². The zero-order chi connectivity index (χ0) is 20.9. The Balaban J connectivity index is 1.27. The minimum Gasteiger partial charge on any atom is -0.205 e. The summed E-state index contributed by atoms with van der Waals surface area (Å²) in [6, 6.07) is 5.72. The average molecular weight is 410 g/mol. The molecule has 30 heavy (non-hydrogen) atoms. The third-order valence-corrected chi connectivity index (χ3v) is 8.85. The molecule has 0 spiro atoms. The van der Waals surface area contributed by atoms with Crippen LogP contribution in [-0.4, -0.2) is 0 Å². The standard InChI is InChI=1S/C28H40FN/c1-2-3-4-5-6-7-20-8-9-22-17-23(11-10-21(22)16-20)24-14-15-27-25(18-24)12-13-26(19-30)28(27)29/h12-13,20-24H,2-11,14-18H2,1H3. The molecule has 3 aliphatic rings. The number of nitriles is 1. The van der Waals surface area contributed by atoms with Gasteiger partial charge in [-0.05, 0) is 98.1 Å². The van der Waals surface area contributed by atoms with Crippen LogP contribution in [0.25, 0.3) is 0 Å². The second-order valence-corrected chi connectivity index (χ2v) is 10.7. The van der Waals surface area contributed by atoms with Crippen molar-refractivity contribution in [1.82, 2.24) is 0 Å². The Morgan fingerprint density at radius 2 is 1.63 bits per heavy atom. The van der Waals surface area contributed by atoms with Gasteiger partial charge in [-0.15, -0.1) is 0 Å². The number of unbranched alkanes of at least 4 members (excludes halogenated alkanes) is 4. The quantitative estimate of drug-likeness (QED) is 0.419. The number of fused-ring (bicyclic) bond motifs is 2. The fourth-order valence-electron chi connectivity index (χ4n) is 7.08. The van der Waals surface area contributed by atoms with Gasteiger partial charge in [0.15, 0.2) is 0 Å². The lowest BCUT2D eigenvalue weighted by Crippen LogP contribution is -2.35. The molecule has 0 amide bonds. The lowest BCUT2D eigenvalue weighted by molar-refractivity contribution is 0.0688. The molecule has 3 aliphatic carbocycles. The summed E-state index contributed by atoms with van der Waals surface area (Å²) < 4.78 is 14.5. The van der Waals surface area contributed by atoms with E-state index in [0.29, 0.717) is 0 Å². The van der Waals surface area contributed by atoms with Crippen LogP contribution in [0.1, 0.15) is 107 Å². The molecule has 5 unspecified atom stereocenters. The third kappa shape index (κ3) is 4.92. The monoisotopic (exact) mass is 409 g/mol. The zero-order valence-corrected chi connectivity index (χ0v) is 19.0. The number of hydrogen-bond donors (Lipinski definition) is 0. The van der Waals surface area contributed by atoms with Gasteiger partial charge in [0.1, 0.15) is 11.9 Å². The molecule has 164 valence electrons. The number of halogens is 1. The summed E-state index contributed by atoms with van der Waals surface area (Å²) in [5.41, 5.74) is 2.23. The van der Waals surface area contributed by atoms with Crippen LogP contribution in [0.15, 0.2) is 12.1 Å². The Labute approximate surface area is 183 Å². The fourth-order valence-corrected chi connectivity index (χ4v) is 7.08. The SMILES string of the molecule is CCCCCCCC1CCC2CC(C3CCc4c(ccc(C#N)c4F)C3)CCC2C1. The number of benzene rings is 1. The van der Waals surface area contributed by atoms with Crippen LogP contribution >= 0.6 is 0 Å². The molecule has 0 heterocycles. The van der Waals surface area contributed by atoms with Crippen molar-refractivity contribution in [3.8, 4) is 6.07 Å². The minimum atomic E-state index is -0.245. The molecular formula is C28H40FN. The molecule has 2 fully saturated rings. The first-order valence-corrected chi connectivity index (χ1v) is 12.9. The molecule has 0 radical (unpaired) electrons. The normalized spacial score (nSPS) is 30.9. The highest BCUT2D eigenvalue weighted by molar-refractivity contribution is 5.41. The number of nitrogens with zero attached hydrogens (tertiary/aromatic N) is 1. The van der Waals surface area contributed by atoms with Crippen LogP contribution in [0.5, 0.6) is 0 Å². The van der Waals surface area contributed by atoms with Crippen molar-refractivity contribution in [2.75, 3.05) is 0 Å². The van der Waals surface area contributed by atoms with Crippen LogP contribution in [0.3, 0.4) is 0 Å². The molecule has 4 rings (SSSR count). The van der Waals surface area contributed by atoms with E-state index in [1.165, 1.54) is 82.6 Å². The van der Waals surface area contributed by atoms with E-state index in [1.807, 2.05) is 12.1 Å². The average Bonchev–Trinajstić information content (AvgIpc) is 2.78. The zero-order valence-electron chi connectivity index (χ0n) is 19.0. The summed E-state index contributed by atoms with van der Waals surface area (Å²) in [6.45, 7) is 2.30. The number of hydrogen-bond acceptors (Lipinski definition) is 1. The highest BCUT2D eigenvalue weighted by Crippen LogP contribution is 2.49. The van der Waals surface area contributed by atoms with Crippen molar-refractivity contribution in [3.05, 3.63) is 34.6 Å². The lowest BCUT2D eigenvalue weighted by Gasteiger charge is -2.45. The van der Waals surface area contributed by atoms with Crippen LogP contribution in [0, 0.1) is 46.7 Å². The molecule has 0 saturated heterocycles. The van der Waals surface area contributed by atoms with E-state index in [-0.39, 0.29) is 11.4 Å². The second kappa shape index (κ2) is 10.3. The first-order chi connectivity index (χ1) is 14.7. The van der Waals surface area contributed by atoms with Crippen LogP contribution in [0.4, 0.5) is 4.39 Å². The van der Waals surface area contributed by atoms with Gasteiger partial charge in [0, 0.05) is 0 Å². The molecular weight excluding hydrogens is 369 g/mol. The van der Waals surface area contributed by atoms with E-state index in [4.69, 9.17) is 5.26 Å². The highest BCUT2D eigenvalue weighted by atomic mass is 19.1. The van der Waals surface area contributed by atoms with Crippen LogP contribution in [0.2, 0.25) is 0 Å². The predicted molar refractivity (Wildman–Crippen MR) is 122 cm³/mol. The maximum atomic E-state index is 14.5. The van der Waals surface area contributed by atoms with E-state index in [9.17, 15) is 4.39 Å². The Morgan fingerprint density at radius 1 is 0.900 bits per heavy atom. The second-order valence-electron chi connectivity index (χ2n) is 10.7. The van der Waals surface area contributed by atoms with Gasteiger partial charge in [0.2, 0.25) is 0 Å². The maximum Gasteiger partial charge on any atom is 0.144 e. The maximum absolute atomic E-state index is 14.5. The summed E-state index contributed by atoms with van der Waals surface area (Å²) in [5.74, 6) is 4.26. The molecule has 0 N–H and O–H groups in total. The molecule has 0 bridgehead atoms. The van der Waals surface area contributed by atoms with E-state index >= 15 is 0 Å². The van der Waals surface area contributed by atoms with Crippen molar-refractivity contribution in [2.45, 2.75) is 103 Å². The minimum absolute atomic E-state index is 0.217. The summed E-state index contributed by atoms with van der Waals surface area (Å²) >= 11 is 0. The van der Waals surface area contributed by atoms with Gasteiger partial charge in [-0.25, -0.2) is 4.39 Å². The molecule has 5 atom stereocenters. The Morgan fingerprint density at radius 3 is 2.43 bits per heavy atom. The van der Waals surface area contributed by atoms with Crippen LogP contribution < -0.4 is 0 Å². The lowest BCUT2D eigenvalue weighted by atomic mass is 9.60. The van der Waals surface area contributed by atoms with E-state index in [0.717, 1.165) is 54.4 Å². The molecule has 0 aromatic heterocycles. The van der Waals surface area contributed by atoms with Gasteiger partial charge in [-0.2, -0.15) is 5.26 Å². The third-order valence-electron chi connectivity index (χ3n) is 8.85. The predicted octanol–water partition coefficient (Wildman–Crippen LogP) is 8.00. The van der Waals surface area contributed by atoms with E-state index < -0.39 is 0 Å². The largest absolute Gasteiger partial charge is 0.205 e. The van der Waals surface area contributed by atoms with Gasteiger partial charge < -0.3 is 0 Å². The summed E-state index contributed by atoms with van der Waals surface area (Å²) in [7, 11) is 0. The van der Waals surface area contributed by atoms with Crippen molar-refractivity contribution in [2.24, 2.45) is 29.6 Å². The topological polar surface area (TPSA) is 23.8 Å². The molecule has 1 nitrogen and oxygen atoms in total. The van der Waals surface area contributed by atoms with Gasteiger partial charge in [-0.3, -0.25) is 0 Å². The molecule has 1 aromatic rings. The van der Waals surface area contributed by atoms with Gasteiger partial charge in [-0.1, -0.05) is 57.9 Å².